The van der Waals surface area contributed by atoms with Gasteiger partial charge in [-0.25, -0.2) is 9.78 Å². The molecule has 0 bridgehead atoms. The molecule has 1 unspecified atom stereocenters. The van der Waals surface area contributed by atoms with Crippen LogP contribution in [-0.4, -0.2) is 34.8 Å². The molecule has 1 fully saturated rings. The largest absolute Gasteiger partial charge is 0.376 e. The molecular formula is C22H26N4O2. The number of carbonyl (C=O) groups excluding carboxylic acids is 1. The van der Waals surface area contributed by atoms with Gasteiger partial charge in [0.25, 0.3) is 0 Å². The van der Waals surface area contributed by atoms with E-state index in [1.165, 1.54) is 5.56 Å². The monoisotopic (exact) mass is 378 g/mol. The quantitative estimate of drug-likeness (QED) is 0.688. The Labute approximate surface area is 164 Å². The molecule has 0 radical (unpaired) electrons. The average Bonchev–Trinajstić information content (AvgIpc) is 3.34. The molecule has 2 amide bonds. The van der Waals surface area contributed by atoms with Crippen molar-refractivity contribution in [3.63, 3.8) is 0 Å². The zero-order valence-corrected chi connectivity index (χ0v) is 16.1. The van der Waals surface area contributed by atoms with Gasteiger partial charge in [-0.2, -0.15) is 0 Å². The summed E-state index contributed by atoms with van der Waals surface area (Å²) in [5, 5.41) is 5.80. The third kappa shape index (κ3) is 4.34. The first kappa shape index (κ1) is 18.5. The maximum atomic E-state index is 12.1. The van der Waals surface area contributed by atoms with Crippen molar-refractivity contribution in [3.8, 4) is 0 Å². The SMILES string of the molecule is Cn1c(CCc2cccc(NC(=O)NCC3CCCO3)c2)nc2ccccc21. The number of carbonyl (C=O) groups is 1. The van der Waals surface area contributed by atoms with Crippen molar-refractivity contribution in [1.29, 1.82) is 0 Å². The van der Waals surface area contributed by atoms with Gasteiger partial charge in [0.2, 0.25) is 0 Å². The maximum Gasteiger partial charge on any atom is 0.319 e. The number of aromatic nitrogens is 2. The highest BCUT2D eigenvalue weighted by atomic mass is 16.5. The predicted octanol–water partition coefficient (Wildman–Crippen LogP) is 3.66. The van der Waals surface area contributed by atoms with Gasteiger partial charge in [-0.15, -0.1) is 0 Å². The van der Waals surface area contributed by atoms with Crippen LogP contribution in [0.15, 0.2) is 48.5 Å². The molecule has 6 nitrogen and oxygen atoms in total. The molecule has 1 saturated heterocycles. The summed E-state index contributed by atoms with van der Waals surface area (Å²) >= 11 is 0. The highest BCUT2D eigenvalue weighted by molar-refractivity contribution is 5.89. The number of rotatable bonds is 6. The number of aryl methyl sites for hydroxylation is 3. The van der Waals surface area contributed by atoms with E-state index in [2.05, 4.69) is 34.4 Å². The molecule has 6 heteroatoms. The first-order valence-electron chi connectivity index (χ1n) is 9.85. The van der Waals surface area contributed by atoms with E-state index >= 15 is 0 Å². The Kier molecular flexibility index (Phi) is 5.58. The molecule has 0 spiro atoms. The Morgan fingerprint density at radius 1 is 1.21 bits per heavy atom. The normalized spacial score (nSPS) is 16.4. The van der Waals surface area contributed by atoms with Crippen molar-refractivity contribution in [2.75, 3.05) is 18.5 Å². The van der Waals surface area contributed by atoms with E-state index in [1.54, 1.807) is 0 Å². The number of urea groups is 1. The highest BCUT2D eigenvalue weighted by Crippen LogP contribution is 2.17. The van der Waals surface area contributed by atoms with Gasteiger partial charge < -0.3 is 19.9 Å². The molecule has 1 aliphatic heterocycles. The van der Waals surface area contributed by atoms with Crippen LogP contribution in [0.4, 0.5) is 10.5 Å². The fraction of sp³-hybridized carbons (Fsp3) is 0.364. The van der Waals surface area contributed by atoms with Gasteiger partial charge in [0.1, 0.15) is 5.82 Å². The summed E-state index contributed by atoms with van der Waals surface area (Å²) in [6.45, 7) is 1.35. The number of imidazole rings is 1. The number of ether oxygens (including phenoxy) is 1. The van der Waals surface area contributed by atoms with Crippen molar-refractivity contribution in [2.45, 2.75) is 31.8 Å². The van der Waals surface area contributed by atoms with Crippen LogP contribution in [0.25, 0.3) is 11.0 Å². The van der Waals surface area contributed by atoms with Gasteiger partial charge in [0.15, 0.2) is 0 Å². The number of nitrogens with zero attached hydrogens (tertiary/aromatic N) is 2. The number of benzene rings is 2. The molecule has 2 N–H and O–H groups in total. The third-order valence-electron chi connectivity index (χ3n) is 5.22. The van der Waals surface area contributed by atoms with Crippen molar-refractivity contribution in [1.82, 2.24) is 14.9 Å². The van der Waals surface area contributed by atoms with Crippen LogP contribution in [0.5, 0.6) is 0 Å². The molecule has 146 valence electrons. The van der Waals surface area contributed by atoms with Crippen LogP contribution in [0.1, 0.15) is 24.2 Å². The zero-order chi connectivity index (χ0) is 19.3. The molecule has 2 aromatic carbocycles. The summed E-state index contributed by atoms with van der Waals surface area (Å²) < 4.78 is 7.68. The van der Waals surface area contributed by atoms with Crippen molar-refractivity contribution in [3.05, 3.63) is 59.9 Å². The third-order valence-corrected chi connectivity index (χ3v) is 5.22. The fourth-order valence-electron chi connectivity index (χ4n) is 3.67. The lowest BCUT2D eigenvalue weighted by molar-refractivity contribution is 0.112. The molecule has 4 rings (SSSR count). The smallest absolute Gasteiger partial charge is 0.319 e. The van der Waals surface area contributed by atoms with Gasteiger partial charge in [-0.05, 0) is 49.1 Å². The van der Waals surface area contributed by atoms with Crippen LogP contribution in [0, 0.1) is 0 Å². The molecule has 0 saturated carbocycles. The lowest BCUT2D eigenvalue weighted by Gasteiger charge is -2.12. The Balaban J connectivity index is 1.34. The number of fused-ring (bicyclic) bond motifs is 1. The second-order valence-corrected chi connectivity index (χ2v) is 7.25. The predicted molar refractivity (Wildman–Crippen MR) is 111 cm³/mol. The molecular weight excluding hydrogens is 352 g/mol. The number of para-hydroxylation sites is 2. The second-order valence-electron chi connectivity index (χ2n) is 7.25. The standard InChI is InChI=1S/C22H26N4O2/c1-26-20-10-3-2-9-19(20)25-21(26)12-11-16-6-4-7-17(14-16)24-22(27)23-15-18-8-5-13-28-18/h2-4,6-7,9-10,14,18H,5,8,11-13,15H2,1H3,(H2,23,24,27). The van der Waals surface area contributed by atoms with Crippen LogP contribution in [0.3, 0.4) is 0 Å². The van der Waals surface area contributed by atoms with Gasteiger partial charge in [0, 0.05) is 32.3 Å². The average molecular weight is 378 g/mol. The van der Waals surface area contributed by atoms with Crippen LogP contribution in [0.2, 0.25) is 0 Å². The minimum absolute atomic E-state index is 0.144. The van der Waals surface area contributed by atoms with Crippen LogP contribution in [-0.2, 0) is 24.6 Å². The molecule has 3 aromatic rings. The van der Waals surface area contributed by atoms with E-state index in [4.69, 9.17) is 9.72 Å². The van der Waals surface area contributed by atoms with Crippen LogP contribution >= 0.6 is 0 Å². The van der Waals surface area contributed by atoms with E-state index in [1.807, 2.05) is 36.4 Å². The van der Waals surface area contributed by atoms with E-state index in [-0.39, 0.29) is 12.1 Å². The lowest BCUT2D eigenvalue weighted by Crippen LogP contribution is -2.35. The first-order chi connectivity index (χ1) is 13.7. The van der Waals surface area contributed by atoms with Gasteiger partial charge in [-0.3, -0.25) is 0 Å². The first-order valence-corrected chi connectivity index (χ1v) is 9.85. The minimum Gasteiger partial charge on any atom is -0.376 e. The van der Waals surface area contributed by atoms with Crippen molar-refractivity contribution >= 4 is 22.8 Å². The van der Waals surface area contributed by atoms with E-state index in [0.717, 1.165) is 54.8 Å². The zero-order valence-electron chi connectivity index (χ0n) is 16.1. The lowest BCUT2D eigenvalue weighted by atomic mass is 10.1. The number of nitrogens with one attached hydrogen (secondary N) is 2. The molecule has 1 aromatic heterocycles. The van der Waals surface area contributed by atoms with Crippen molar-refractivity contribution in [2.24, 2.45) is 7.05 Å². The van der Waals surface area contributed by atoms with Crippen LogP contribution < -0.4 is 10.6 Å². The molecule has 0 aliphatic carbocycles. The van der Waals surface area contributed by atoms with Gasteiger partial charge >= 0.3 is 6.03 Å². The van der Waals surface area contributed by atoms with Gasteiger partial charge in [0.05, 0.1) is 17.1 Å². The van der Waals surface area contributed by atoms with E-state index < -0.39 is 0 Å². The van der Waals surface area contributed by atoms with Crippen molar-refractivity contribution < 1.29 is 9.53 Å². The summed E-state index contributed by atoms with van der Waals surface area (Å²) in [5.74, 6) is 1.06. The molecule has 28 heavy (non-hydrogen) atoms. The molecule has 2 heterocycles. The maximum absolute atomic E-state index is 12.1. The summed E-state index contributed by atoms with van der Waals surface area (Å²) in [5.41, 5.74) is 4.14. The topological polar surface area (TPSA) is 68.2 Å². The Bertz CT molecular complexity index is 960. The summed E-state index contributed by atoms with van der Waals surface area (Å²) in [6, 6.07) is 16.0. The molecule has 1 atom stereocenters. The second kappa shape index (κ2) is 8.44. The van der Waals surface area contributed by atoms with E-state index in [0.29, 0.717) is 6.54 Å². The summed E-state index contributed by atoms with van der Waals surface area (Å²) in [4.78, 5) is 16.8. The molecule has 1 aliphatic rings. The Morgan fingerprint density at radius 3 is 2.93 bits per heavy atom. The number of anilines is 1. The number of amides is 2. The van der Waals surface area contributed by atoms with Gasteiger partial charge in [-0.1, -0.05) is 24.3 Å². The minimum atomic E-state index is -0.192. The summed E-state index contributed by atoms with van der Waals surface area (Å²) in [6.07, 6.45) is 3.94. The number of hydrogen-bond acceptors (Lipinski definition) is 3. The number of hydrogen-bond donors (Lipinski definition) is 2. The van der Waals surface area contributed by atoms with E-state index in [9.17, 15) is 4.79 Å². The highest BCUT2D eigenvalue weighted by Gasteiger charge is 2.16. The summed E-state index contributed by atoms with van der Waals surface area (Å²) in [7, 11) is 2.06. The Morgan fingerprint density at radius 2 is 2.11 bits per heavy atom. The Hall–Kier alpha value is -2.86. The fourth-order valence-corrected chi connectivity index (χ4v) is 3.67.